The van der Waals surface area contributed by atoms with Gasteiger partial charge in [-0.05, 0) is 44.7 Å². The number of fused-ring (bicyclic) bond motifs is 1. The molecule has 0 bridgehead atoms. The van der Waals surface area contributed by atoms with E-state index in [0.717, 1.165) is 18.4 Å². The molecule has 152 valence electrons. The first-order valence-corrected chi connectivity index (χ1v) is 10.3. The van der Waals surface area contributed by atoms with Crippen LogP contribution in [0.1, 0.15) is 38.2 Å². The first kappa shape index (κ1) is 20.5. The maximum atomic E-state index is 13.1. The third kappa shape index (κ3) is 4.79. The predicted molar refractivity (Wildman–Crippen MR) is 108 cm³/mol. The van der Waals surface area contributed by atoms with Gasteiger partial charge in [0.05, 0.1) is 5.92 Å². The van der Waals surface area contributed by atoms with Gasteiger partial charge in [-0.1, -0.05) is 30.3 Å². The van der Waals surface area contributed by atoms with E-state index in [9.17, 15) is 14.4 Å². The monoisotopic (exact) mass is 385 g/mol. The second-order valence-corrected chi connectivity index (χ2v) is 8.03. The summed E-state index contributed by atoms with van der Waals surface area (Å²) in [4.78, 5) is 41.0. The van der Waals surface area contributed by atoms with Crippen LogP contribution >= 0.6 is 0 Å². The highest BCUT2D eigenvalue weighted by atomic mass is 16.2. The summed E-state index contributed by atoms with van der Waals surface area (Å²) < 4.78 is 0. The van der Waals surface area contributed by atoms with Crippen molar-refractivity contribution in [2.24, 2.45) is 11.8 Å². The fourth-order valence-electron chi connectivity index (χ4n) is 4.67. The molecule has 3 atom stereocenters. The van der Waals surface area contributed by atoms with Crippen molar-refractivity contribution in [2.75, 3.05) is 26.7 Å². The standard InChI is InChI=1S/C22H31N3O3/c1-3-25(22(28)23-12-11-16-7-5-4-6-8-16)21(27)18-13-17-14-19(26)9-10-20(17)24(2)15-18/h4-8,17-18,20H,3,9-15H2,1-2H3,(H,23,28)/t17-,18-,20-/m1/s1. The van der Waals surface area contributed by atoms with Crippen molar-refractivity contribution in [1.29, 1.82) is 0 Å². The minimum absolute atomic E-state index is 0.122. The number of likely N-dealkylation sites (tertiary alicyclic amines) is 1. The van der Waals surface area contributed by atoms with Crippen LogP contribution in [0.15, 0.2) is 30.3 Å². The van der Waals surface area contributed by atoms with Crippen LogP contribution < -0.4 is 5.32 Å². The van der Waals surface area contributed by atoms with Gasteiger partial charge in [0.1, 0.15) is 5.78 Å². The number of hydrogen-bond donors (Lipinski definition) is 1. The number of amides is 3. The number of nitrogens with zero attached hydrogens (tertiary/aromatic N) is 2. The summed E-state index contributed by atoms with van der Waals surface area (Å²) in [6, 6.07) is 10.0. The molecule has 1 N–H and O–H groups in total. The van der Waals surface area contributed by atoms with Crippen molar-refractivity contribution >= 4 is 17.7 Å². The molecule has 2 aliphatic rings. The molecular weight excluding hydrogens is 354 g/mol. The van der Waals surface area contributed by atoms with Crippen LogP contribution in [-0.4, -0.2) is 60.2 Å². The summed E-state index contributed by atoms with van der Waals surface area (Å²) in [6.45, 7) is 3.33. The second-order valence-electron chi connectivity index (χ2n) is 8.03. The zero-order valence-electron chi connectivity index (χ0n) is 16.9. The normalized spacial score (nSPS) is 25.1. The Morgan fingerprint density at radius 1 is 1.25 bits per heavy atom. The summed E-state index contributed by atoms with van der Waals surface area (Å²) in [5.74, 6) is 0.183. The van der Waals surface area contributed by atoms with Crippen LogP contribution in [0.5, 0.6) is 0 Å². The van der Waals surface area contributed by atoms with E-state index in [-0.39, 0.29) is 23.8 Å². The van der Waals surface area contributed by atoms with Gasteiger partial charge >= 0.3 is 6.03 Å². The summed E-state index contributed by atoms with van der Waals surface area (Å²) in [7, 11) is 2.03. The molecule has 0 unspecified atom stereocenters. The smallest absolute Gasteiger partial charge is 0.324 e. The molecule has 1 heterocycles. The number of carbonyl (C=O) groups excluding carboxylic acids is 3. The molecule has 0 aromatic heterocycles. The molecule has 1 aromatic carbocycles. The van der Waals surface area contributed by atoms with Crippen LogP contribution in [0.3, 0.4) is 0 Å². The number of hydrogen-bond acceptors (Lipinski definition) is 4. The Balaban J connectivity index is 1.56. The first-order valence-electron chi connectivity index (χ1n) is 10.3. The number of benzene rings is 1. The highest BCUT2D eigenvalue weighted by molar-refractivity contribution is 5.95. The number of ketones is 1. The summed E-state index contributed by atoms with van der Waals surface area (Å²) >= 11 is 0. The molecule has 6 nitrogen and oxygen atoms in total. The largest absolute Gasteiger partial charge is 0.337 e. The van der Waals surface area contributed by atoms with E-state index in [0.29, 0.717) is 50.7 Å². The average Bonchev–Trinajstić information content (AvgIpc) is 2.68. The molecule has 28 heavy (non-hydrogen) atoms. The van der Waals surface area contributed by atoms with Gasteiger partial charge in [0, 0.05) is 38.5 Å². The van der Waals surface area contributed by atoms with Crippen molar-refractivity contribution < 1.29 is 14.4 Å². The van der Waals surface area contributed by atoms with Crippen molar-refractivity contribution in [3.63, 3.8) is 0 Å². The van der Waals surface area contributed by atoms with Crippen molar-refractivity contribution in [3.05, 3.63) is 35.9 Å². The van der Waals surface area contributed by atoms with Crippen LogP contribution in [-0.2, 0) is 16.0 Å². The quantitative estimate of drug-likeness (QED) is 0.845. The Hall–Kier alpha value is -2.21. The van der Waals surface area contributed by atoms with Crippen LogP contribution in [0.2, 0.25) is 0 Å². The van der Waals surface area contributed by atoms with E-state index in [1.165, 1.54) is 4.90 Å². The van der Waals surface area contributed by atoms with E-state index < -0.39 is 0 Å². The highest BCUT2D eigenvalue weighted by Crippen LogP contribution is 2.36. The third-order valence-corrected chi connectivity index (χ3v) is 6.12. The molecule has 1 aliphatic heterocycles. The molecule has 3 rings (SSSR count). The summed E-state index contributed by atoms with van der Waals surface area (Å²) in [5.41, 5.74) is 1.15. The van der Waals surface area contributed by atoms with Gasteiger partial charge in [0.15, 0.2) is 0 Å². The number of nitrogens with one attached hydrogen (secondary N) is 1. The van der Waals surface area contributed by atoms with Gasteiger partial charge in [-0.25, -0.2) is 4.79 Å². The van der Waals surface area contributed by atoms with Gasteiger partial charge in [-0.2, -0.15) is 0 Å². The Labute approximate surface area is 167 Å². The van der Waals surface area contributed by atoms with Crippen LogP contribution in [0.4, 0.5) is 4.79 Å². The lowest BCUT2D eigenvalue weighted by molar-refractivity contribution is -0.138. The lowest BCUT2D eigenvalue weighted by Gasteiger charge is -2.45. The second kappa shape index (κ2) is 9.32. The van der Waals surface area contributed by atoms with E-state index >= 15 is 0 Å². The zero-order chi connectivity index (χ0) is 20.1. The van der Waals surface area contributed by atoms with E-state index in [2.05, 4.69) is 10.2 Å². The van der Waals surface area contributed by atoms with E-state index in [4.69, 9.17) is 0 Å². The molecular formula is C22H31N3O3. The molecule has 2 fully saturated rings. The Kier molecular flexibility index (Phi) is 6.83. The summed E-state index contributed by atoms with van der Waals surface area (Å²) in [5, 5.41) is 2.88. The zero-order valence-corrected chi connectivity index (χ0v) is 16.9. The minimum atomic E-state index is -0.326. The summed E-state index contributed by atoms with van der Waals surface area (Å²) in [6.07, 6.45) is 3.53. The molecule has 0 radical (unpaired) electrons. The molecule has 0 spiro atoms. The maximum absolute atomic E-state index is 13.1. The van der Waals surface area contributed by atoms with Crippen molar-refractivity contribution in [3.8, 4) is 0 Å². The number of imide groups is 1. The number of urea groups is 1. The molecule has 1 aliphatic carbocycles. The lowest BCUT2D eigenvalue weighted by Crippen LogP contribution is -2.55. The Bertz CT molecular complexity index is 706. The first-order chi connectivity index (χ1) is 13.5. The lowest BCUT2D eigenvalue weighted by atomic mass is 9.74. The average molecular weight is 386 g/mol. The molecule has 6 heteroatoms. The predicted octanol–water partition coefficient (Wildman–Crippen LogP) is 2.48. The number of carbonyl (C=O) groups is 3. The van der Waals surface area contributed by atoms with Crippen LogP contribution in [0, 0.1) is 11.8 Å². The topological polar surface area (TPSA) is 69.7 Å². The number of piperidine rings is 1. The molecule has 1 saturated carbocycles. The van der Waals surface area contributed by atoms with E-state index in [1.807, 2.05) is 44.3 Å². The van der Waals surface area contributed by atoms with Crippen LogP contribution in [0.25, 0.3) is 0 Å². The van der Waals surface area contributed by atoms with Gasteiger partial charge in [-0.3, -0.25) is 14.5 Å². The fraction of sp³-hybridized carbons (Fsp3) is 0.591. The van der Waals surface area contributed by atoms with Crippen molar-refractivity contribution in [2.45, 2.75) is 45.1 Å². The van der Waals surface area contributed by atoms with Gasteiger partial charge in [0.25, 0.3) is 0 Å². The maximum Gasteiger partial charge on any atom is 0.324 e. The van der Waals surface area contributed by atoms with Gasteiger partial charge < -0.3 is 10.2 Å². The Morgan fingerprint density at radius 3 is 2.71 bits per heavy atom. The minimum Gasteiger partial charge on any atom is -0.337 e. The SMILES string of the molecule is CCN(C(=O)NCCc1ccccc1)C(=O)[C@@H]1C[C@@H]2CC(=O)CC[C@H]2N(C)C1. The molecule has 1 saturated heterocycles. The van der Waals surface area contributed by atoms with Gasteiger partial charge in [-0.15, -0.1) is 0 Å². The fourth-order valence-corrected chi connectivity index (χ4v) is 4.67. The molecule has 3 amide bonds. The molecule has 1 aromatic rings. The highest BCUT2D eigenvalue weighted by Gasteiger charge is 2.41. The van der Waals surface area contributed by atoms with E-state index in [1.54, 1.807) is 0 Å². The third-order valence-electron chi connectivity index (χ3n) is 6.12. The number of Topliss-reactive ketones (excluding diaryl/α,β-unsaturated/α-hetero) is 1. The van der Waals surface area contributed by atoms with Gasteiger partial charge in [0.2, 0.25) is 5.91 Å². The number of rotatable bonds is 5. The van der Waals surface area contributed by atoms with Crippen molar-refractivity contribution in [1.82, 2.24) is 15.1 Å². The Morgan fingerprint density at radius 2 is 2.00 bits per heavy atom.